The number of nitrogens with zero attached hydrogens (tertiary/aromatic N) is 1. The molecule has 0 aliphatic carbocycles. The van der Waals surface area contributed by atoms with Gasteiger partial charge in [0, 0.05) is 11.3 Å². The molecule has 0 rings (SSSR count). The summed E-state index contributed by atoms with van der Waals surface area (Å²) in [5.41, 5.74) is 0. The molecule has 0 aliphatic heterocycles. The summed E-state index contributed by atoms with van der Waals surface area (Å²) in [6.07, 6.45) is 0.844. The van der Waals surface area contributed by atoms with Gasteiger partial charge in [-0.2, -0.15) is 0 Å². The Morgan fingerprint density at radius 2 is 2.17 bits per heavy atom. The minimum absolute atomic E-state index is 0.187. The zero-order valence-electron chi connectivity index (χ0n) is 7.28. The number of ether oxygens (including phenoxy) is 1. The molecule has 0 aromatic rings. The molecule has 0 fully saturated rings. The summed E-state index contributed by atoms with van der Waals surface area (Å²) in [6, 6.07) is -1.19. The lowest BCUT2D eigenvalue weighted by Crippen LogP contribution is -2.31. The van der Waals surface area contributed by atoms with Crippen molar-refractivity contribution in [3.63, 3.8) is 0 Å². The van der Waals surface area contributed by atoms with E-state index in [2.05, 4.69) is 4.74 Å². The maximum atomic E-state index is 10.9. The topological polar surface area (TPSA) is 69.4 Å². The van der Waals surface area contributed by atoms with Gasteiger partial charge in [0.05, 0.1) is 6.61 Å². The Morgan fingerprint density at radius 1 is 1.58 bits per heavy atom. The van der Waals surface area contributed by atoms with Gasteiger partial charge in [-0.05, 0) is 13.3 Å². The molecule has 0 aliphatic rings. The first-order valence-electron chi connectivity index (χ1n) is 3.93. The first-order valence-corrected chi connectivity index (χ1v) is 3.93. The van der Waals surface area contributed by atoms with Crippen LogP contribution in [-0.4, -0.2) is 23.5 Å². The van der Waals surface area contributed by atoms with Crippen LogP contribution < -0.4 is 0 Å². The Balaban J connectivity index is 4.09. The number of nitro groups is 1. The Hall–Kier alpha value is -1.13. The van der Waals surface area contributed by atoms with Crippen molar-refractivity contribution < 1.29 is 14.5 Å². The third-order valence-electron chi connectivity index (χ3n) is 1.38. The molecular weight excluding hydrogens is 162 g/mol. The van der Waals surface area contributed by atoms with Gasteiger partial charge >= 0.3 is 12.0 Å². The average Bonchev–Trinajstić information content (AvgIpc) is 1.99. The van der Waals surface area contributed by atoms with Crippen LogP contribution in [0.15, 0.2) is 0 Å². The zero-order chi connectivity index (χ0) is 9.56. The van der Waals surface area contributed by atoms with Gasteiger partial charge in [-0.1, -0.05) is 6.92 Å². The lowest BCUT2D eigenvalue weighted by atomic mass is 10.2. The first kappa shape index (κ1) is 10.9. The second-order valence-corrected chi connectivity index (χ2v) is 2.34. The molecule has 70 valence electrons. The molecule has 0 radical (unpaired) electrons. The van der Waals surface area contributed by atoms with E-state index in [1.54, 1.807) is 13.8 Å². The number of hydrogen-bond acceptors (Lipinski definition) is 4. The molecule has 12 heavy (non-hydrogen) atoms. The van der Waals surface area contributed by atoms with E-state index in [9.17, 15) is 14.9 Å². The van der Waals surface area contributed by atoms with E-state index in [0.29, 0.717) is 6.42 Å². The van der Waals surface area contributed by atoms with E-state index in [0.717, 1.165) is 0 Å². The van der Waals surface area contributed by atoms with Crippen LogP contribution in [-0.2, 0) is 9.53 Å². The fraction of sp³-hybridized carbons (Fsp3) is 0.857. The molecule has 0 spiro atoms. The van der Waals surface area contributed by atoms with Crippen LogP contribution in [0.5, 0.6) is 0 Å². The molecular formula is C7H13NO4. The summed E-state index contributed by atoms with van der Waals surface area (Å²) >= 11 is 0. The first-order chi connectivity index (χ1) is 5.63. The normalized spacial score (nSPS) is 12.2. The van der Waals surface area contributed by atoms with Gasteiger partial charge in [-0.25, -0.2) is 4.79 Å². The predicted molar refractivity (Wildman–Crippen MR) is 42.3 cm³/mol. The van der Waals surface area contributed by atoms with Crippen LogP contribution in [0.1, 0.15) is 26.7 Å². The van der Waals surface area contributed by atoms with Gasteiger partial charge in [0.2, 0.25) is 0 Å². The fourth-order valence-electron chi connectivity index (χ4n) is 0.821. The van der Waals surface area contributed by atoms with Crippen molar-refractivity contribution in [1.82, 2.24) is 0 Å². The van der Waals surface area contributed by atoms with Gasteiger partial charge in [0.1, 0.15) is 0 Å². The Labute approximate surface area is 70.9 Å². The maximum absolute atomic E-state index is 10.9. The summed E-state index contributed by atoms with van der Waals surface area (Å²) in [5.74, 6) is -0.732. The van der Waals surface area contributed by atoms with Crippen LogP contribution in [0.2, 0.25) is 0 Å². The maximum Gasteiger partial charge on any atom is 0.381 e. The molecule has 1 atom stereocenters. The van der Waals surface area contributed by atoms with E-state index in [1.807, 2.05) is 0 Å². The molecule has 0 aromatic heterocycles. The molecule has 0 saturated heterocycles. The highest BCUT2D eigenvalue weighted by Gasteiger charge is 2.29. The molecule has 0 aromatic carbocycles. The van der Waals surface area contributed by atoms with Gasteiger partial charge in [0.15, 0.2) is 0 Å². The van der Waals surface area contributed by atoms with Crippen molar-refractivity contribution in [2.75, 3.05) is 6.61 Å². The van der Waals surface area contributed by atoms with Crippen LogP contribution in [0.3, 0.4) is 0 Å². The second kappa shape index (κ2) is 5.51. The number of hydrogen-bond donors (Lipinski definition) is 0. The zero-order valence-corrected chi connectivity index (χ0v) is 7.28. The molecule has 0 bridgehead atoms. The molecule has 0 unspecified atom stereocenters. The smallest absolute Gasteiger partial charge is 0.381 e. The van der Waals surface area contributed by atoms with Crippen LogP contribution in [0.4, 0.5) is 0 Å². The summed E-state index contributed by atoms with van der Waals surface area (Å²) in [7, 11) is 0. The van der Waals surface area contributed by atoms with Gasteiger partial charge in [-0.15, -0.1) is 0 Å². The van der Waals surface area contributed by atoms with Crippen LogP contribution in [0, 0.1) is 10.1 Å². The minimum atomic E-state index is -1.19. The Bertz CT molecular complexity index is 169. The van der Waals surface area contributed by atoms with Gasteiger partial charge in [-0.3, -0.25) is 10.1 Å². The summed E-state index contributed by atoms with van der Waals surface area (Å²) in [6.45, 7) is 3.60. The number of carbonyl (C=O) groups excluding carboxylic acids is 1. The van der Waals surface area contributed by atoms with Crippen molar-refractivity contribution in [3.8, 4) is 0 Å². The Morgan fingerprint density at radius 3 is 2.50 bits per heavy atom. The van der Waals surface area contributed by atoms with E-state index in [4.69, 9.17) is 0 Å². The van der Waals surface area contributed by atoms with Crippen LogP contribution in [0.25, 0.3) is 0 Å². The highest BCUT2D eigenvalue weighted by molar-refractivity contribution is 5.74. The molecule has 0 saturated carbocycles. The van der Waals surface area contributed by atoms with E-state index in [-0.39, 0.29) is 13.0 Å². The number of esters is 1. The van der Waals surface area contributed by atoms with Crippen molar-refractivity contribution in [1.29, 1.82) is 0 Å². The highest BCUT2D eigenvalue weighted by atomic mass is 16.6. The highest BCUT2D eigenvalue weighted by Crippen LogP contribution is 2.03. The van der Waals surface area contributed by atoms with E-state index >= 15 is 0 Å². The molecule has 0 heterocycles. The lowest BCUT2D eigenvalue weighted by molar-refractivity contribution is -0.511. The lowest BCUT2D eigenvalue weighted by Gasteiger charge is -2.06. The minimum Gasteiger partial charge on any atom is -0.461 e. The standard InChI is InChI=1S/C7H13NO4/c1-3-5-6(8(10)11)7(9)12-4-2/h6H,3-5H2,1-2H3/t6-/m1/s1. The monoisotopic (exact) mass is 175 g/mol. The van der Waals surface area contributed by atoms with Crippen molar-refractivity contribution in [2.24, 2.45) is 0 Å². The molecule has 0 amide bonds. The van der Waals surface area contributed by atoms with E-state index in [1.165, 1.54) is 0 Å². The SMILES string of the molecule is CCC[C@H](C(=O)OCC)[N+](=O)[O-]. The van der Waals surface area contributed by atoms with Crippen molar-refractivity contribution in [2.45, 2.75) is 32.7 Å². The second-order valence-electron chi connectivity index (χ2n) is 2.34. The molecule has 5 nitrogen and oxygen atoms in total. The van der Waals surface area contributed by atoms with Gasteiger partial charge in [0.25, 0.3) is 0 Å². The molecule has 0 N–H and O–H groups in total. The predicted octanol–water partition coefficient (Wildman–Crippen LogP) is 0.995. The largest absolute Gasteiger partial charge is 0.461 e. The van der Waals surface area contributed by atoms with Gasteiger partial charge < -0.3 is 4.74 Å². The number of carbonyl (C=O) groups is 1. The van der Waals surface area contributed by atoms with Crippen LogP contribution >= 0.6 is 0 Å². The Kier molecular flexibility index (Phi) is 4.99. The quantitative estimate of drug-likeness (QED) is 0.355. The summed E-state index contributed by atoms with van der Waals surface area (Å²) in [4.78, 5) is 20.6. The average molecular weight is 175 g/mol. The van der Waals surface area contributed by atoms with Crippen molar-refractivity contribution in [3.05, 3.63) is 10.1 Å². The summed E-state index contributed by atoms with van der Waals surface area (Å²) in [5, 5.41) is 10.3. The van der Waals surface area contributed by atoms with E-state index < -0.39 is 16.9 Å². The fourth-order valence-corrected chi connectivity index (χ4v) is 0.821. The summed E-state index contributed by atoms with van der Waals surface area (Å²) < 4.78 is 4.54. The van der Waals surface area contributed by atoms with Crippen molar-refractivity contribution >= 4 is 5.97 Å². The third-order valence-corrected chi connectivity index (χ3v) is 1.38. The molecule has 5 heteroatoms. The third kappa shape index (κ3) is 3.32. The number of rotatable bonds is 5.